The fourth-order valence-corrected chi connectivity index (χ4v) is 2.59. The van der Waals surface area contributed by atoms with Gasteiger partial charge in [-0.15, -0.1) is 11.8 Å². The fourth-order valence-electron chi connectivity index (χ4n) is 1.57. The Morgan fingerprint density at radius 2 is 1.89 bits per heavy atom. The van der Waals surface area contributed by atoms with Crippen molar-refractivity contribution in [1.82, 2.24) is 0 Å². The van der Waals surface area contributed by atoms with E-state index >= 15 is 0 Å². The van der Waals surface area contributed by atoms with Crippen LogP contribution in [0.4, 0.5) is 5.69 Å². The average Bonchev–Trinajstić information content (AvgIpc) is 2.38. The van der Waals surface area contributed by atoms with Gasteiger partial charge in [-0.3, -0.25) is 0 Å². The van der Waals surface area contributed by atoms with E-state index in [-0.39, 0.29) is 0 Å². The van der Waals surface area contributed by atoms with E-state index < -0.39 is 0 Å². The van der Waals surface area contributed by atoms with Gasteiger partial charge in [0, 0.05) is 21.4 Å². The van der Waals surface area contributed by atoms with Crippen LogP contribution in [0.5, 0.6) is 0 Å². The molecule has 0 unspecified atom stereocenters. The van der Waals surface area contributed by atoms with E-state index in [2.05, 4.69) is 6.07 Å². The number of nitriles is 1. The van der Waals surface area contributed by atoms with Gasteiger partial charge in [0.1, 0.15) is 6.07 Å². The van der Waals surface area contributed by atoms with Crippen LogP contribution < -0.4 is 5.73 Å². The van der Waals surface area contributed by atoms with Gasteiger partial charge in [0.25, 0.3) is 0 Å². The summed E-state index contributed by atoms with van der Waals surface area (Å²) in [7, 11) is 0. The molecule has 0 aliphatic carbocycles. The largest absolute Gasteiger partial charge is 0.398 e. The highest BCUT2D eigenvalue weighted by Crippen LogP contribution is 2.27. The van der Waals surface area contributed by atoms with Gasteiger partial charge in [-0.2, -0.15) is 5.26 Å². The third kappa shape index (κ3) is 2.98. The standard InChI is InChI=1S/C14H11ClN2S/c15-11-4-6-12(7-5-11)18-9-10-2-1-3-14(17)13(10)8-16/h1-7H,9,17H2. The maximum absolute atomic E-state index is 9.08. The summed E-state index contributed by atoms with van der Waals surface area (Å²) >= 11 is 7.48. The van der Waals surface area contributed by atoms with Crippen molar-refractivity contribution < 1.29 is 0 Å². The molecule has 0 radical (unpaired) electrons. The maximum Gasteiger partial charge on any atom is 0.102 e. The molecular formula is C14H11ClN2S. The van der Waals surface area contributed by atoms with E-state index in [0.29, 0.717) is 11.3 Å². The highest BCUT2D eigenvalue weighted by atomic mass is 35.5. The molecule has 0 atom stereocenters. The molecule has 2 N–H and O–H groups in total. The molecule has 0 bridgehead atoms. The van der Waals surface area contributed by atoms with E-state index in [9.17, 15) is 0 Å². The predicted molar refractivity (Wildman–Crippen MR) is 76.6 cm³/mol. The highest BCUT2D eigenvalue weighted by Gasteiger charge is 2.05. The number of hydrogen-bond acceptors (Lipinski definition) is 3. The predicted octanol–water partition coefficient (Wildman–Crippen LogP) is 4.09. The molecule has 0 saturated carbocycles. The van der Waals surface area contributed by atoms with Gasteiger partial charge in [-0.1, -0.05) is 23.7 Å². The maximum atomic E-state index is 9.08. The van der Waals surface area contributed by atoms with Crippen LogP contribution in [0.15, 0.2) is 47.4 Å². The number of rotatable bonds is 3. The second kappa shape index (κ2) is 5.81. The first kappa shape index (κ1) is 12.8. The first-order valence-electron chi connectivity index (χ1n) is 5.36. The fraction of sp³-hybridized carbons (Fsp3) is 0.0714. The summed E-state index contributed by atoms with van der Waals surface area (Å²) in [5, 5.41) is 9.80. The summed E-state index contributed by atoms with van der Waals surface area (Å²) in [4.78, 5) is 1.12. The summed E-state index contributed by atoms with van der Waals surface area (Å²) in [6, 6.07) is 15.3. The van der Waals surface area contributed by atoms with Crippen LogP contribution >= 0.6 is 23.4 Å². The summed E-state index contributed by atoms with van der Waals surface area (Å²) in [5.74, 6) is 0.718. The molecule has 0 aliphatic heterocycles. The molecule has 0 aromatic heterocycles. The molecule has 0 spiro atoms. The highest BCUT2D eigenvalue weighted by molar-refractivity contribution is 7.98. The zero-order valence-corrected chi connectivity index (χ0v) is 11.1. The normalized spacial score (nSPS) is 10.0. The SMILES string of the molecule is N#Cc1c(N)cccc1CSc1ccc(Cl)cc1. The smallest absolute Gasteiger partial charge is 0.102 e. The Bertz CT molecular complexity index is 588. The van der Waals surface area contributed by atoms with Crippen LogP contribution in [0.2, 0.25) is 5.02 Å². The summed E-state index contributed by atoms with van der Waals surface area (Å²) in [6.07, 6.45) is 0. The topological polar surface area (TPSA) is 49.8 Å². The number of anilines is 1. The van der Waals surface area contributed by atoms with Crippen LogP contribution in [0, 0.1) is 11.3 Å². The van der Waals surface area contributed by atoms with Crippen LogP contribution in [0.1, 0.15) is 11.1 Å². The molecular weight excluding hydrogens is 264 g/mol. The van der Waals surface area contributed by atoms with E-state index in [4.69, 9.17) is 22.6 Å². The van der Waals surface area contributed by atoms with Crippen LogP contribution in [0.25, 0.3) is 0 Å². The van der Waals surface area contributed by atoms with Gasteiger partial charge in [0.05, 0.1) is 5.56 Å². The van der Waals surface area contributed by atoms with Gasteiger partial charge in [0.15, 0.2) is 0 Å². The number of nitrogen functional groups attached to an aromatic ring is 1. The number of nitrogens with zero attached hydrogens (tertiary/aromatic N) is 1. The molecule has 0 saturated heterocycles. The summed E-state index contributed by atoms with van der Waals surface area (Å²) in [5.41, 5.74) is 7.83. The van der Waals surface area contributed by atoms with Gasteiger partial charge < -0.3 is 5.73 Å². The zero-order valence-electron chi connectivity index (χ0n) is 9.56. The van der Waals surface area contributed by atoms with E-state index in [1.165, 1.54) is 0 Å². The summed E-state index contributed by atoms with van der Waals surface area (Å²) < 4.78 is 0. The molecule has 0 aliphatic rings. The molecule has 90 valence electrons. The molecule has 0 amide bonds. The van der Waals surface area contributed by atoms with Crippen molar-refractivity contribution in [2.24, 2.45) is 0 Å². The number of hydrogen-bond donors (Lipinski definition) is 1. The molecule has 2 rings (SSSR count). The van der Waals surface area contributed by atoms with Crippen molar-refractivity contribution in [3.05, 3.63) is 58.6 Å². The van der Waals surface area contributed by atoms with Crippen molar-refractivity contribution in [3.63, 3.8) is 0 Å². The average molecular weight is 275 g/mol. The number of nitrogens with two attached hydrogens (primary N) is 1. The van der Waals surface area contributed by atoms with Crippen molar-refractivity contribution in [3.8, 4) is 6.07 Å². The second-order valence-corrected chi connectivity index (χ2v) is 5.22. The van der Waals surface area contributed by atoms with Gasteiger partial charge in [-0.05, 0) is 35.9 Å². The molecule has 0 heterocycles. The van der Waals surface area contributed by atoms with Gasteiger partial charge in [0.2, 0.25) is 0 Å². The van der Waals surface area contributed by atoms with E-state index in [1.807, 2.05) is 36.4 Å². The van der Waals surface area contributed by atoms with Crippen LogP contribution in [0.3, 0.4) is 0 Å². The summed E-state index contributed by atoms with van der Waals surface area (Å²) in [6.45, 7) is 0. The lowest BCUT2D eigenvalue weighted by atomic mass is 10.1. The Hall–Kier alpha value is -1.63. The van der Waals surface area contributed by atoms with Crippen molar-refractivity contribution >= 4 is 29.1 Å². The quantitative estimate of drug-likeness (QED) is 0.677. The molecule has 18 heavy (non-hydrogen) atoms. The zero-order chi connectivity index (χ0) is 13.0. The minimum absolute atomic E-state index is 0.534. The number of thioether (sulfide) groups is 1. The van der Waals surface area contributed by atoms with Gasteiger partial charge >= 0.3 is 0 Å². The van der Waals surface area contributed by atoms with E-state index in [1.54, 1.807) is 17.8 Å². The number of halogens is 1. The third-order valence-electron chi connectivity index (χ3n) is 2.50. The first-order valence-corrected chi connectivity index (χ1v) is 6.73. The Balaban J connectivity index is 2.14. The lowest BCUT2D eigenvalue weighted by Gasteiger charge is -2.06. The van der Waals surface area contributed by atoms with Crippen LogP contribution in [-0.2, 0) is 5.75 Å². The monoisotopic (exact) mass is 274 g/mol. The minimum Gasteiger partial charge on any atom is -0.398 e. The molecule has 2 aromatic carbocycles. The van der Waals surface area contributed by atoms with Crippen LogP contribution in [-0.4, -0.2) is 0 Å². The van der Waals surface area contributed by atoms with Gasteiger partial charge in [-0.25, -0.2) is 0 Å². The lowest BCUT2D eigenvalue weighted by molar-refractivity contribution is 1.34. The van der Waals surface area contributed by atoms with Crippen molar-refractivity contribution in [2.75, 3.05) is 5.73 Å². The first-order chi connectivity index (χ1) is 8.70. The van der Waals surface area contributed by atoms with E-state index in [0.717, 1.165) is 21.2 Å². The van der Waals surface area contributed by atoms with Crippen molar-refractivity contribution in [1.29, 1.82) is 5.26 Å². The molecule has 2 nitrogen and oxygen atoms in total. The second-order valence-electron chi connectivity index (χ2n) is 3.74. The van der Waals surface area contributed by atoms with Crippen molar-refractivity contribution in [2.45, 2.75) is 10.6 Å². The Labute approximate surface area is 115 Å². The Morgan fingerprint density at radius 3 is 2.56 bits per heavy atom. The third-order valence-corrected chi connectivity index (χ3v) is 3.82. The lowest BCUT2D eigenvalue weighted by Crippen LogP contribution is -1.95. The molecule has 2 aromatic rings. The molecule has 0 fully saturated rings. The Kier molecular flexibility index (Phi) is 4.14. The Morgan fingerprint density at radius 1 is 1.17 bits per heavy atom. The molecule has 4 heteroatoms. The minimum atomic E-state index is 0.534. The number of benzene rings is 2.